The summed E-state index contributed by atoms with van der Waals surface area (Å²) < 4.78 is 8.14. The third-order valence-corrected chi connectivity index (χ3v) is 6.56. The van der Waals surface area contributed by atoms with Gasteiger partial charge in [0.1, 0.15) is 36.2 Å². The first kappa shape index (κ1) is 18.5. The van der Waals surface area contributed by atoms with E-state index in [9.17, 15) is 0 Å². The van der Waals surface area contributed by atoms with Crippen LogP contribution in [0.5, 0.6) is 5.75 Å². The van der Waals surface area contributed by atoms with E-state index in [1.807, 2.05) is 4.68 Å². The maximum atomic E-state index is 6.17. The molecule has 31 heavy (non-hydrogen) atoms. The van der Waals surface area contributed by atoms with Crippen LogP contribution in [0, 0.1) is 0 Å². The van der Waals surface area contributed by atoms with E-state index in [1.165, 1.54) is 5.56 Å². The molecule has 3 aliphatic rings. The average molecular weight is 416 g/mol. The number of ether oxygens (including phenoxy) is 1. The van der Waals surface area contributed by atoms with Crippen molar-refractivity contribution >= 4 is 11.5 Å². The Balaban J connectivity index is 1.21. The Bertz CT molecular complexity index is 1130. The van der Waals surface area contributed by atoms with Crippen LogP contribution in [0.2, 0.25) is 0 Å². The molecule has 0 unspecified atom stereocenters. The SMILES string of the molecule is CC1(Oc2ccc3c(c2)C(c2cc(N4CCC(n5cncn5)CC4)ncn2)=NC3)CC1. The zero-order valence-corrected chi connectivity index (χ0v) is 17.6. The molecule has 0 spiro atoms. The van der Waals surface area contributed by atoms with Crippen molar-refractivity contribution in [2.45, 2.75) is 50.8 Å². The van der Waals surface area contributed by atoms with E-state index in [2.05, 4.69) is 56.1 Å². The lowest BCUT2D eigenvalue weighted by Gasteiger charge is -2.32. The lowest BCUT2D eigenvalue weighted by atomic mass is 10.0. The van der Waals surface area contributed by atoms with E-state index in [4.69, 9.17) is 9.73 Å². The van der Waals surface area contributed by atoms with Crippen molar-refractivity contribution in [2.75, 3.05) is 18.0 Å². The molecule has 1 saturated carbocycles. The molecule has 1 saturated heterocycles. The molecular weight excluding hydrogens is 390 g/mol. The first-order valence-electron chi connectivity index (χ1n) is 11.0. The molecule has 8 heteroatoms. The number of aliphatic imine (C=N–C) groups is 1. The summed E-state index contributed by atoms with van der Waals surface area (Å²) in [7, 11) is 0. The molecule has 158 valence electrons. The molecule has 8 nitrogen and oxygen atoms in total. The number of piperidine rings is 1. The molecule has 0 bridgehead atoms. The van der Waals surface area contributed by atoms with Gasteiger partial charge in [-0.3, -0.25) is 4.99 Å². The van der Waals surface area contributed by atoms with Gasteiger partial charge in [-0.25, -0.2) is 19.6 Å². The predicted octanol–water partition coefficient (Wildman–Crippen LogP) is 3.19. The van der Waals surface area contributed by atoms with Crippen LogP contribution in [0.4, 0.5) is 5.82 Å². The molecule has 0 radical (unpaired) electrons. The van der Waals surface area contributed by atoms with Crippen molar-refractivity contribution in [1.29, 1.82) is 0 Å². The second-order valence-electron chi connectivity index (χ2n) is 8.89. The van der Waals surface area contributed by atoms with Crippen molar-refractivity contribution in [1.82, 2.24) is 24.7 Å². The van der Waals surface area contributed by atoms with Crippen LogP contribution < -0.4 is 9.64 Å². The van der Waals surface area contributed by atoms with E-state index in [0.717, 1.165) is 67.3 Å². The number of aromatic nitrogens is 5. The predicted molar refractivity (Wildman–Crippen MR) is 117 cm³/mol. The maximum absolute atomic E-state index is 6.17. The van der Waals surface area contributed by atoms with E-state index in [0.29, 0.717) is 12.6 Å². The van der Waals surface area contributed by atoms with Crippen LogP contribution in [0.1, 0.15) is 55.5 Å². The van der Waals surface area contributed by atoms with Crippen LogP contribution in [-0.2, 0) is 6.54 Å². The van der Waals surface area contributed by atoms with Crippen LogP contribution in [0.15, 0.2) is 48.2 Å². The topological polar surface area (TPSA) is 81.3 Å². The highest BCUT2D eigenvalue weighted by molar-refractivity contribution is 6.14. The third kappa shape index (κ3) is 3.56. The Morgan fingerprint density at radius 3 is 2.71 bits per heavy atom. The van der Waals surface area contributed by atoms with Crippen LogP contribution >= 0.6 is 0 Å². The number of nitrogens with zero attached hydrogens (tertiary/aromatic N) is 7. The maximum Gasteiger partial charge on any atom is 0.137 e. The van der Waals surface area contributed by atoms with Crippen molar-refractivity contribution in [3.8, 4) is 5.75 Å². The molecule has 0 atom stereocenters. The van der Waals surface area contributed by atoms with Crippen LogP contribution in [0.3, 0.4) is 0 Å². The fourth-order valence-electron chi connectivity index (χ4n) is 4.42. The largest absolute Gasteiger partial charge is 0.488 e. The fraction of sp³-hybridized carbons (Fsp3) is 0.435. The molecule has 2 fully saturated rings. The normalized spacial score (nSPS) is 19.8. The smallest absolute Gasteiger partial charge is 0.137 e. The van der Waals surface area contributed by atoms with Gasteiger partial charge in [0.15, 0.2) is 0 Å². The minimum absolute atomic E-state index is 0.00455. The number of hydrogen-bond acceptors (Lipinski definition) is 7. The zero-order chi connectivity index (χ0) is 20.8. The third-order valence-electron chi connectivity index (χ3n) is 6.56. The highest BCUT2D eigenvalue weighted by Crippen LogP contribution is 2.40. The van der Waals surface area contributed by atoms with Gasteiger partial charge >= 0.3 is 0 Å². The number of benzene rings is 1. The van der Waals surface area contributed by atoms with E-state index in [1.54, 1.807) is 19.0 Å². The summed E-state index contributed by atoms with van der Waals surface area (Å²) in [5, 5.41) is 4.29. The zero-order valence-electron chi connectivity index (χ0n) is 17.6. The number of rotatable bonds is 5. The molecule has 0 N–H and O–H groups in total. The van der Waals surface area contributed by atoms with Gasteiger partial charge in [-0.05, 0) is 50.3 Å². The van der Waals surface area contributed by atoms with Crippen LogP contribution in [-0.4, -0.2) is 49.1 Å². The first-order valence-corrected chi connectivity index (χ1v) is 11.0. The quantitative estimate of drug-likeness (QED) is 0.637. The van der Waals surface area contributed by atoms with Gasteiger partial charge in [0.05, 0.1) is 24.0 Å². The summed E-state index contributed by atoms with van der Waals surface area (Å²) in [5.74, 6) is 1.87. The summed E-state index contributed by atoms with van der Waals surface area (Å²) in [6.07, 6.45) is 9.34. The molecule has 1 aromatic carbocycles. The summed E-state index contributed by atoms with van der Waals surface area (Å²) in [6, 6.07) is 8.78. The van der Waals surface area contributed by atoms with Gasteiger partial charge in [-0.2, -0.15) is 5.10 Å². The molecular formula is C23H25N7O. The van der Waals surface area contributed by atoms with Crippen LogP contribution in [0.25, 0.3) is 0 Å². The Morgan fingerprint density at radius 1 is 1.06 bits per heavy atom. The Labute approximate surface area is 181 Å². The Kier molecular flexibility index (Phi) is 4.26. The minimum atomic E-state index is 0.00455. The second-order valence-corrected chi connectivity index (χ2v) is 8.89. The summed E-state index contributed by atoms with van der Waals surface area (Å²) in [6.45, 7) is 4.71. The van der Waals surface area contributed by atoms with Gasteiger partial charge in [0.25, 0.3) is 0 Å². The number of hydrogen-bond donors (Lipinski definition) is 0. The highest BCUT2D eigenvalue weighted by atomic mass is 16.5. The van der Waals surface area contributed by atoms with Gasteiger partial charge in [-0.1, -0.05) is 6.07 Å². The molecule has 2 aliphatic heterocycles. The van der Waals surface area contributed by atoms with E-state index < -0.39 is 0 Å². The number of fused-ring (bicyclic) bond motifs is 1. The molecule has 4 heterocycles. The summed E-state index contributed by atoms with van der Waals surface area (Å²) in [5.41, 5.74) is 4.15. The highest BCUT2D eigenvalue weighted by Gasteiger charge is 2.40. The van der Waals surface area contributed by atoms with Gasteiger partial charge < -0.3 is 9.64 Å². The second kappa shape index (κ2) is 7.14. The Hall–Kier alpha value is -3.29. The van der Waals surface area contributed by atoms with Crippen molar-refractivity contribution in [3.63, 3.8) is 0 Å². The summed E-state index contributed by atoms with van der Waals surface area (Å²) in [4.78, 5) is 20.3. The van der Waals surface area contributed by atoms with Gasteiger partial charge in [0.2, 0.25) is 0 Å². The molecule has 1 aliphatic carbocycles. The minimum Gasteiger partial charge on any atom is -0.488 e. The first-order chi connectivity index (χ1) is 15.2. The van der Waals surface area contributed by atoms with Crippen molar-refractivity contribution < 1.29 is 4.74 Å². The monoisotopic (exact) mass is 415 g/mol. The lowest BCUT2D eigenvalue weighted by Crippen LogP contribution is -2.35. The molecule has 3 aromatic rings. The van der Waals surface area contributed by atoms with E-state index in [-0.39, 0.29) is 5.60 Å². The average Bonchev–Trinajstić information content (AvgIpc) is 3.21. The van der Waals surface area contributed by atoms with Crippen molar-refractivity contribution in [3.05, 3.63) is 60.1 Å². The van der Waals surface area contributed by atoms with Gasteiger partial charge in [0, 0.05) is 24.7 Å². The summed E-state index contributed by atoms with van der Waals surface area (Å²) >= 11 is 0. The number of anilines is 1. The lowest BCUT2D eigenvalue weighted by molar-refractivity contribution is 0.200. The Morgan fingerprint density at radius 2 is 1.94 bits per heavy atom. The van der Waals surface area contributed by atoms with Crippen molar-refractivity contribution in [2.24, 2.45) is 4.99 Å². The van der Waals surface area contributed by atoms with E-state index >= 15 is 0 Å². The fourth-order valence-corrected chi connectivity index (χ4v) is 4.42. The molecule has 6 rings (SSSR count). The standard InChI is InChI=1S/C23H25N7O/c1-23(6-7-23)31-18-3-2-16-12-25-22(19(16)10-18)20-11-21(27-14-26-20)29-8-4-17(5-9-29)30-15-24-13-28-30/h2-3,10-11,13-15,17H,4-9,12H2,1H3. The molecule has 0 amide bonds. The van der Waals surface area contributed by atoms with Gasteiger partial charge in [-0.15, -0.1) is 0 Å². The molecule has 2 aromatic heterocycles.